The molecule has 2 heterocycles. The second kappa shape index (κ2) is 5.90. The molecule has 0 atom stereocenters. The van der Waals surface area contributed by atoms with Gasteiger partial charge in [0.2, 0.25) is 0 Å². The Morgan fingerprint density at radius 1 is 1.61 bits per heavy atom. The minimum absolute atomic E-state index is 0.206. The first-order valence-corrected chi connectivity index (χ1v) is 6.84. The molecule has 116 valence electrons. The van der Waals surface area contributed by atoms with Crippen LogP contribution in [0.4, 0.5) is 5.69 Å². The van der Waals surface area contributed by atoms with Crippen LogP contribution in [0.15, 0.2) is 41.0 Å². The van der Waals surface area contributed by atoms with Crippen molar-refractivity contribution in [2.75, 3.05) is 19.0 Å². The molecule has 3 N–H and O–H groups in total. The van der Waals surface area contributed by atoms with E-state index < -0.39 is 0 Å². The number of fused-ring (bicyclic) bond motifs is 3. The van der Waals surface area contributed by atoms with Gasteiger partial charge >= 0.3 is 0 Å². The van der Waals surface area contributed by atoms with Gasteiger partial charge in [0.05, 0.1) is 30.8 Å². The predicted molar refractivity (Wildman–Crippen MR) is 81.4 cm³/mol. The lowest BCUT2D eigenvalue weighted by atomic mass is 10.1. The van der Waals surface area contributed by atoms with Crippen LogP contribution >= 0.6 is 0 Å². The fourth-order valence-electron chi connectivity index (χ4n) is 2.54. The van der Waals surface area contributed by atoms with Gasteiger partial charge in [0, 0.05) is 18.2 Å². The smallest absolute Gasteiger partial charge is 0.162 e. The maximum Gasteiger partial charge on any atom is 0.162 e. The van der Waals surface area contributed by atoms with Crippen molar-refractivity contribution in [3.8, 4) is 17.5 Å². The van der Waals surface area contributed by atoms with E-state index in [1.165, 1.54) is 0 Å². The molecule has 1 aromatic heterocycles. The Labute approximate surface area is 132 Å². The van der Waals surface area contributed by atoms with Crippen LogP contribution in [0, 0.1) is 16.9 Å². The molecule has 0 saturated carbocycles. The van der Waals surface area contributed by atoms with Crippen LogP contribution in [-0.4, -0.2) is 28.4 Å². The van der Waals surface area contributed by atoms with Crippen molar-refractivity contribution in [2.45, 2.75) is 6.42 Å². The first-order chi connectivity index (χ1) is 11.2. The lowest BCUT2D eigenvalue weighted by Crippen LogP contribution is -2.07. The molecule has 0 radical (unpaired) electrons. The van der Waals surface area contributed by atoms with Crippen molar-refractivity contribution in [1.29, 1.82) is 10.8 Å². The molecular weight excluding hydrogens is 296 g/mol. The number of nitrogens with one attached hydrogen (secondary N) is 2. The predicted octanol–water partition coefficient (Wildman–Crippen LogP) is 1.96. The van der Waals surface area contributed by atoms with Crippen LogP contribution in [-0.2, 0) is 6.42 Å². The highest BCUT2D eigenvalue weighted by atomic mass is 16.5. The number of aliphatic hydroxyl groups excluding tert-OH is 1. The second-order valence-electron chi connectivity index (χ2n) is 4.90. The maximum atomic E-state index is 9.42. The highest BCUT2D eigenvalue weighted by molar-refractivity contribution is 5.69. The number of nitriles is 1. The van der Waals surface area contributed by atoms with Crippen LogP contribution in [0.2, 0.25) is 0 Å². The second-order valence-corrected chi connectivity index (χ2v) is 4.90. The van der Waals surface area contributed by atoms with Crippen molar-refractivity contribution < 1.29 is 9.84 Å². The zero-order valence-corrected chi connectivity index (χ0v) is 12.4. The molecule has 8 nitrogen and oxygen atoms in total. The van der Waals surface area contributed by atoms with Gasteiger partial charge < -0.3 is 15.2 Å². The van der Waals surface area contributed by atoms with Crippen molar-refractivity contribution in [2.24, 2.45) is 5.11 Å². The minimum Gasteiger partial charge on any atom is -0.497 e. The molecule has 2 aromatic rings. The largest absolute Gasteiger partial charge is 0.497 e. The third kappa shape index (κ3) is 2.43. The highest BCUT2D eigenvalue weighted by Gasteiger charge is 2.22. The molecule has 1 aliphatic heterocycles. The van der Waals surface area contributed by atoms with E-state index in [2.05, 4.69) is 21.5 Å². The van der Waals surface area contributed by atoms with Crippen molar-refractivity contribution >= 4 is 5.69 Å². The SMILES string of the molecule is COc1ccc2c(c1)N/C(=C(/CO)N=N)Cc1c(C#N)ncn1-2. The number of hydrogen-bond acceptors (Lipinski definition) is 7. The number of nitrogens with zero attached hydrogens (tertiary/aromatic N) is 4. The van der Waals surface area contributed by atoms with E-state index in [9.17, 15) is 10.4 Å². The first kappa shape index (κ1) is 14.7. The average molecular weight is 310 g/mol. The van der Waals surface area contributed by atoms with E-state index in [0.717, 1.165) is 11.4 Å². The number of ether oxygens (including phenoxy) is 1. The summed E-state index contributed by atoms with van der Waals surface area (Å²) >= 11 is 0. The summed E-state index contributed by atoms with van der Waals surface area (Å²) < 4.78 is 7.05. The third-order valence-electron chi connectivity index (χ3n) is 3.70. The molecule has 3 rings (SSSR count). The van der Waals surface area contributed by atoms with Crippen LogP contribution < -0.4 is 10.1 Å². The Balaban J connectivity index is 2.27. The van der Waals surface area contributed by atoms with Crippen LogP contribution in [0.25, 0.3) is 5.69 Å². The fraction of sp³-hybridized carbons (Fsp3) is 0.200. The molecule has 8 heteroatoms. The summed E-state index contributed by atoms with van der Waals surface area (Å²) in [5, 5.41) is 25.2. The van der Waals surface area contributed by atoms with Crippen molar-refractivity contribution in [1.82, 2.24) is 9.55 Å². The summed E-state index contributed by atoms with van der Waals surface area (Å²) in [5.74, 6) is 0.660. The van der Waals surface area contributed by atoms with Crippen molar-refractivity contribution in [3.63, 3.8) is 0 Å². The summed E-state index contributed by atoms with van der Waals surface area (Å²) in [4.78, 5) is 4.13. The summed E-state index contributed by atoms with van der Waals surface area (Å²) in [6.45, 7) is -0.374. The summed E-state index contributed by atoms with van der Waals surface area (Å²) in [6, 6.07) is 7.53. The number of methoxy groups -OCH3 is 1. The Morgan fingerprint density at radius 2 is 2.43 bits per heavy atom. The number of hydrogen-bond donors (Lipinski definition) is 3. The normalized spacial score (nSPS) is 14.7. The first-order valence-electron chi connectivity index (χ1n) is 6.84. The van der Waals surface area contributed by atoms with Gasteiger partial charge in [-0.3, -0.25) is 4.57 Å². The summed E-state index contributed by atoms with van der Waals surface area (Å²) in [6.07, 6.45) is 1.89. The maximum absolute atomic E-state index is 9.42. The summed E-state index contributed by atoms with van der Waals surface area (Å²) in [5.41, 5.74) is 10.5. The molecule has 0 saturated heterocycles. The molecule has 0 amide bonds. The Kier molecular flexibility index (Phi) is 3.78. The number of imidazole rings is 1. The van der Waals surface area contributed by atoms with E-state index >= 15 is 0 Å². The zero-order chi connectivity index (χ0) is 16.4. The number of aromatic nitrogens is 2. The molecule has 0 aliphatic carbocycles. The van der Waals surface area contributed by atoms with Crippen LogP contribution in [0.1, 0.15) is 11.4 Å². The van der Waals surface area contributed by atoms with E-state index in [4.69, 9.17) is 10.3 Å². The number of rotatable bonds is 3. The molecule has 0 unspecified atom stereocenters. The van der Waals surface area contributed by atoms with Crippen LogP contribution in [0.3, 0.4) is 0 Å². The lowest BCUT2D eigenvalue weighted by Gasteiger charge is -2.13. The summed E-state index contributed by atoms with van der Waals surface area (Å²) in [7, 11) is 1.57. The van der Waals surface area contributed by atoms with Gasteiger partial charge in [0.25, 0.3) is 0 Å². The van der Waals surface area contributed by atoms with Gasteiger partial charge in [-0.05, 0) is 12.1 Å². The van der Waals surface area contributed by atoms with Gasteiger partial charge in [-0.1, -0.05) is 0 Å². The molecule has 1 aliphatic rings. The Bertz CT molecular complexity index is 846. The topological polar surface area (TPSA) is 119 Å². The molecule has 23 heavy (non-hydrogen) atoms. The standard InChI is InChI=1S/C15H14N6O2/c1-23-9-2-3-14-11(4-9)19-10(13(7-22)20-17)5-15-12(6-16)18-8-21(14)15/h2-4,8,17,19,22H,5,7H2,1H3/b13-10-,20-17?. The van der Waals surface area contributed by atoms with Gasteiger partial charge in [0.15, 0.2) is 5.69 Å². The van der Waals surface area contributed by atoms with Gasteiger partial charge in [-0.2, -0.15) is 10.4 Å². The number of anilines is 1. The minimum atomic E-state index is -0.374. The average Bonchev–Trinajstić information content (AvgIpc) is 2.91. The van der Waals surface area contributed by atoms with Gasteiger partial charge in [-0.25, -0.2) is 10.5 Å². The quantitative estimate of drug-likeness (QED) is 0.749. The Morgan fingerprint density at radius 3 is 3.09 bits per heavy atom. The zero-order valence-electron chi connectivity index (χ0n) is 12.4. The van der Waals surface area contributed by atoms with Crippen molar-refractivity contribution in [3.05, 3.63) is 47.3 Å². The van der Waals surface area contributed by atoms with E-state index in [-0.39, 0.29) is 12.3 Å². The number of benzene rings is 1. The van der Waals surface area contributed by atoms with E-state index in [0.29, 0.717) is 29.3 Å². The molecular formula is C15H14N6O2. The van der Waals surface area contributed by atoms with E-state index in [1.54, 1.807) is 19.5 Å². The monoisotopic (exact) mass is 310 g/mol. The third-order valence-corrected chi connectivity index (χ3v) is 3.70. The fourth-order valence-corrected chi connectivity index (χ4v) is 2.54. The van der Waals surface area contributed by atoms with Crippen LogP contribution in [0.5, 0.6) is 5.75 Å². The number of aliphatic hydroxyl groups is 1. The Hall–Kier alpha value is -3.18. The molecule has 0 spiro atoms. The van der Waals surface area contributed by atoms with Gasteiger partial charge in [0.1, 0.15) is 23.8 Å². The van der Waals surface area contributed by atoms with E-state index in [1.807, 2.05) is 16.7 Å². The molecule has 0 bridgehead atoms. The highest BCUT2D eigenvalue weighted by Crippen LogP contribution is 2.33. The van der Waals surface area contributed by atoms with Gasteiger partial charge in [-0.15, -0.1) is 0 Å². The lowest BCUT2D eigenvalue weighted by molar-refractivity contribution is 0.326. The molecule has 0 fully saturated rings. The number of allylic oxidation sites excluding steroid dienone is 1. The molecule has 1 aromatic carbocycles.